The monoisotopic (exact) mass is 392 g/mol. The number of carbonyl (C=O) groups excluding carboxylic acids is 1. The van der Waals surface area contributed by atoms with E-state index in [2.05, 4.69) is 10.3 Å². The number of amides is 1. The van der Waals surface area contributed by atoms with Gasteiger partial charge in [-0.25, -0.2) is 4.39 Å². The van der Waals surface area contributed by atoms with Crippen molar-refractivity contribution in [2.75, 3.05) is 6.54 Å². The molecule has 0 fully saturated rings. The van der Waals surface area contributed by atoms with Gasteiger partial charge in [-0.3, -0.25) is 9.78 Å². The summed E-state index contributed by atoms with van der Waals surface area (Å²) in [6, 6.07) is 9.63. The van der Waals surface area contributed by atoms with Gasteiger partial charge in [0.2, 0.25) is 0 Å². The number of rotatable bonds is 4. The minimum absolute atomic E-state index is 0.0352. The van der Waals surface area contributed by atoms with E-state index in [0.29, 0.717) is 16.6 Å². The predicted molar refractivity (Wildman–Crippen MR) is 95.2 cm³/mol. The fourth-order valence-electron chi connectivity index (χ4n) is 2.85. The van der Waals surface area contributed by atoms with Crippen LogP contribution in [0.5, 0.6) is 0 Å². The molecule has 1 amide bonds. The second-order valence-electron chi connectivity index (χ2n) is 6.32. The summed E-state index contributed by atoms with van der Waals surface area (Å²) in [5.41, 5.74) is 0.199. The van der Waals surface area contributed by atoms with Crippen LogP contribution >= 0.6 is 0 Å². The van der Waals surface area contributed by atoms with Crippen LogP contribution in [0.15, 0.2) is 48.5 Å². The first kappa shape index (κ1) is 19.8. The molecule has 4 nitrogen and oxygen atoms in total. The molecule has 2 aromatic carbocycles. The molecule has 0 spiro atoms. The van der Waals surface area contributed by atoms with Gasteiger partial charge in [0, 0.05) is 23.7 Å². The number of benzene rings is 2. The molecule has 1 unspecified atom stereocenters. The van der Waals surface area contributed by atoms with E-state index in [9.17, 15) is 27.5 Å². The Bertz CT molecular complexity index is 1030. The van der Waals surface area contributed by atoms with Crippen LogP contribution in [0, 0.1) is 12.7 Å². The topological polar surface area (TPSA) is 62.2 Å². The van der Waals surface area contributed by atoms with Gasteiger partial charge >= 0.3 is 6.18 Å². The lowest BCUT2D eigenvalue weighted by Gasteiger charge is -2.15. The molecule has 0 aliphatic heterocycles. The average molecular weight is 392 g/mol. The largest absolute Gasteiger partial charge is 0.416 e. The van der Waals surface area contributed by atoms with E-state index in [1.54, 1.807) is 6.92 Å². The maximum Gasteiger partial charge on any atom is 0.416 e. The number of aliphatic hydroxyl groups excluding tert-OH is 1. The van der Waals surface area contributed by atoms with Crippen molar-refractivity contribution in [2.24, 2.45) is 0 Å². The van der Waals surface area contributed by atoms with Crippen molar-refractivity contribution in [3.8, 4) is 0 Å². The van der Waals surface area contributed by atoms with Crippen LogP contribution in [0.2, 0.25) is 0 Å². The Hall–Kier alpha value is -3.00. The van der Waals surface area contributed by atoms with Gasteiger partial charge in [-0.2, -0.15) is 13.2 Å². The lowest BCUT2D eigenvalue weighted by atomic mass is 10.0. The Balaban J connectivity index is 1.78. The SMILES string of the molecule is Cc1cc(C(=O)NCC(O)c2cccc(C(F)(F)F)c2)c2ccc(F)cc2n1. The molecule has 1 heterocycles. The number of hydrogen-bond donors (Lipinski definition) is 2. The van der Waals surface area contributed by atoms with Crippen LogP contribution in [0.4, 0.5) is 17.6 Å². The molecule has 1 aromatic heterocycles. The zero-order valence-corrected chi connectivity index (χ0v) is 14.7. The number of hydrogen-bond acceptors (Lipinski definition) is 3. The van der Waals surface area contributed by atoms with Gasteiger partial charge in [-0.15, -0.1) is 0 Å². The molecule has 1 atom stereocenters. The molecular formula is C20H16F4N2O2. The normalized spacial score (nSPS) is 12.8. The van der Waals surface area contributed by atoms with E-state index in [1.807, 2.05) is 0 Å². The molecule has 0 saturated heterocycles. The number of alkyl halides is 3. The lowest BCUT2D eigenvalue weighted by Crippen LogP contribution is -2.28. The Kier molecular flexibility index (Phi) is 5.33. The van der Waals surface area contributed by atoms with Gasteiger partial charge in [0.15, 0.2) is 0 Å². The molecular weight excluding hydrogens is 376 g/mol. The van der Waals surface area contributed by atoms with E-state index in [1.165, 1.54) is 36.4 Å². The van der Waals surface area contributed by atoms with E-state index in [4.69, 9.17) is 0 Å². The second kappa shape index (κ2) is 7.55. The van der Waals surface area contributed by atoms with E-state index in [-0.39, 0.29) is 17.7 Å². The van der Waals surface area contributed by atoms with Crippen LogP contribution < -0.4 is 5.32 Å². The Morgan fingerprint density at radius 1 is 1.18 bits per heavy atom. The quantitative estimate of drug-likeness (QED) is 0.656. The molecule has 146 valence electrons. The van der Waals surface area contributed by atoms with Crippen molar-refractivity contribution in [3.05, 3.63) is 76.7 Å². The number of fused-ring (bicyclic) bond motifs is 1. The molecule has 0 radical (unpaired) electrons. The molecule has 0 bridgehead atoms. The van der Waals surface area contributed by atoms with Gasteiger partial charge in [0.05, 0.1) is 22.7 Å². The van der Waals surface area contributed by atoms with Gasteiger partial charge in [0.1, 0.15) is 5.82 Å². The standard InChI is InChI=1S/C20H16F4N2O2/c1-11-7-16(15-6-5-14(21)9-17(15)26-11)19(28)25-10-18(27)12-3-2-4-13(8-12)20(22,23)24/h2-9,18,27H,10H2,1H3,(H,25,28). The third kappa shape index (κ3) is 4.28. The van der Waals surface area contributed by atoms with Gasteiger partial charge < -0.3 is 10.4 Å². The van der Waals surface area contributed by atoms with Crippen molar-refractivity contribution in [3.63, 3.8) is 0 Å². The highest BCUT2D eigenvalue weighted by molar-refractivity contribution is 6.06. The minimum atomic E-state index is -4.53. The first-order valence-electron chi connectivity index (χ1n) is 8.35. The third-order valence-electron chi connectivity index (χ3n) is 4.20. The number of pyridine rings is 1. The summed E-state index contributed by atoms with van der Waals surface area (Å²) >= 11 is 0. The van der Waals surface area contributed by atoms with Crippen LogP contribution in [-0.2, 0) is 6.18 Å². The highest BCUT2D eigenvalue weighted by Gasteiger charge is 2.30. The highest BCUT2D eigenvalue weighted by Crippen LogP contribution is 2.30. The van der Waals surface area contributed by atoms with Crippen LogP contribution in [0.25, 0.3) is 10.9 Å². The predicted octanol–water partition coefficient (Wildman–Crippen LogP) is 4.16. The van der Waals surface area contributed by atoms with E-state index >= 15 is 0 Å². The molecule has 3 rings (SSSR count). The zero-order valence-electron chi connectivity index (χ0n) is 14.7. The summed E-state index contributed by atoms with van der Waals surface area (Å²) in [6.07, 6.45) is -5.85. The average Bonchev–Trinajstić information content (AvgIpc) is 2.64. The van der Waals surface area contributed by atoms with Gasteiger partial charge in [0.25, 0.3) is 5.91 Å². The summed E-state index contributed by atoms with van der Waals surface area (Å²) in [5.74, 6) is -1.04. The molecule has 0 aliphatic rings. The molecule has 8 heteroatoms. The van der Waals surface area contributed by atoms with Crippen molar-refractivity contribution in [1.82, 2.24) is 10.3 Å². The fraction of sp³-hybridized carbons (Fsp3) is 0.200. The summed E-state index contributed by atoms with van der Waals surface area (Å²) in [6.45, 7) is 1.36. The maximum atomic E-state index is 13.4. The first-order chi connectivity index (χ1) is 13.1. The summed E-state index contributed by atoms with van der Waals surface area (Å²) in [5, 5.41) is 13.1. The number of aryl methyl sites for hydroxylation is 1. The van der Waals surface area contributed by atoms with Crippen molar-refractivity contribution in [2.45, 2.75) is 19.2 Å². The van der Waals surface area contributed by atoms with Crippen molar-refractivity contribution >= 4 is 16.8 Å². The maximum absolute atomic E-state index is 13.4. The number of aromatic nitrogens is 1. The van der Waals surface area contributed by atoms with Crippen LogP contribution in [0.1, 0.15) is 33.3 Å². The smallest absolute Gasteiger partial charge is 0.387 e. The zero-order chi connectivity index (χ0) is 20.5. The highest BCUT2D eigenvalue weighted by atomic mass is 19.4. The van der Waals surface area contributed by atoms with Crippen LogP contribution in [0.3, 0.4) is 0 Å². The second-order valence-corrected chi connectivity index (χ2v) is 6.32. The molecule has 28 heavy (non-hydrogen) atoms. The number of aliphatic hydroxyl groups is 1. The Morgan fingerprint density at radius 3 is 2.64 bits per heavy atom. The number of nitrogens with zero attached hydrogens (tertiary/aromatic N) is 1. The first-order valence-corrected chi connectivity index (χ1v) is 8.35. The minimum Gasteiger partial charge on any atom is -0.387 e. The van der Waals surface area contributed by atoms with Crippen LogP contribution in [-0.4, -0.2) is 22.5 Å². The molecule has 0 saturated carbocycles. The summed E-state index contributed by atoms with van der Waals surface area (Å²) in [7, 11) is 0. The van der Waals surface area contributed by atoms with Gasteiger partial charge in [-0.1, -0.05) is 12.1 Å². The van der Waals surface area contributed by atoms with Crippen molar-refractivity contribution < 1.29 is 27.5 Å². The third-order valence-corrected chi connectivity index (χ3v) is 4.20. The number of halogens is 4. The molecule has 3 aromatic rings. The molecule has 0 aliphatic carbocycles. The number of nitrogens with one attached hydrogen (secondary N) is 1. The summed E-state index contributed by atoms with van der Waals surface area (Å²) < 4.78 is 51.8. The Morgan fingerprint density at radius 2 is 1.93 bits per heavy atom. The Labute approximate surface area is 157 Å². The van der Waals surface area contributed by atoms with E-state index < -0.39 is 29.6 Å². The summed E-state index contributed by atoms with van der Waals surface area (Å²) in [4.78, 5) is 16.7. The molecule has 2 N–H and O–H groups in total. The lowest BCUT2D eigenvalue weighted by molar-refractivity contribution is -0.137. The number of carbonyl (C=O) groups is 1. The van der Waals surface area contributed by atoms with E-state index in [0.717, 1.165) is 12.1 Å². The van der Waals surface area contributed by atoms with Gasteiger partial charge in [-0.05, 0) is 42.8 Å². The fourth-order valence-corrected chi connectivity index (χ4v) is 2.85. The van der Waals surface area contributed by atoms with Crippen molar-refractivity contribution in [1.29, 1.82) is 0 Å².